The lowest BCUT2D eigenvalue weighted by molar-refractivity contribution is -0.312. The number of likely N-dealkylation sites (tertiary alicyclic amines) is 1. The van der Waals surface area contributed by atoms with Gasteiger partial charge >= 0.3 is 0 Å². The molecule has 2 spiro atoms. The summed E-state index contributed by atoms with van der Waals surface area (Å²) in [6.07, 6.45) is 8.35. The highest BCUT2D eigenvalue weighted by molar-refractivity contribution is 7.85. The maximum Gasteiger partial charge on any atom is 0.261 e. The highest BCUT2D eigenvalue weighted by Crippen LogP contribution is 2.78. The van der Waals surface area contributed by atoms with Gasteiger partial charge in [0.1, 0.15) is 11.7 Å². The van der Waals surface area contributed by atoms with Crippen LogP contribution < -0.4 is 4.74 Å². The van der Waals surface area contributed by atoms with E-state index in [1.165, 1.54) is 30.5 Å². The molecule has 7 aliphatic rings. The van der Waals surface area contributed by atoms with E-state index < -0.39 is 21.3 Å². The lowest BCUT2D eigenvalue weighted by atomic mass is 9.33. The number of aromatic hydroxyl groups is 1. The second-order valence-electron chi connectivity index (χ2n) is 14.5. The number of nitrogens with zero attached hydrogens (tertiary/aromatic N) is 1. The minimum atomic E-state index is -3.67. The molecule has 218 valence electrons. The van der Waals surface area contributed by atoms with Gasteiger partial charge in [-0.3, -0.25) is 9.45 Å². The SMILES string of the molecule is CO[C@@]12CC[C@@]3(C[C@@H]1[C@](C)(O)C(C)(C)C)[C@H]1Cc4ccc(O)c5c4[C@@]3(CCN1CC1CC1)[C@H]2O5.CS(=O)(=O)O. The number of phenols is 1. The Morgan fingerprint density at radius 3 is 2.41 bits per heavy atom. The number of phenolic OH excluding ortho intramolecular Hbond substituents is 1. The van der Waals surface area contributed by atoms with E-state index >= 15 is 0 Å². The van der Waals surface area contributed by atoms with Gasteiger partial charge in [-0.05, 0) is 81.4 Å². The van der Waals surface area contributed by atoms with Gasteiger partial charge in [0, 0.05) is 42.0 Å². The molecule has 5 aliphatic carbocycles. The first-order valence-electron chi connectivity index (χ1n) is 14.5. The van der Waals surface area contributed by atoms with Crippen LogP contribution in [-0.4, -0.2) is 77.9 Å². The van der Waals surface area contributed by atoms with Crippen molar-refractivity contribution in [2.75, 3.05) is 26.5 Å². The van der Waals surface area contributed by atoms with Crippen molar-refractivity contribution in [2.45, 2.75) is 101 Å². The molecule has 8 rings (SSSR count). The van der Waals surface area contributed by atoms with E-state index in [0.717, 1.165) is 44.6 Å². The van der Waals surface area contributed by atoms with Crippen LogP contribution in [0.3, 0.4) is 0 Å². The third kappa shape index (κ3) is 3.65. The maximum atomic E-state index is 12.2. The summed E-state index contributed by atoms with van der Waals surface area (Å²) in [4.78, 5) is 2.82. The first kappa shape index (κ1) is 27.8. The second kappa shape index (κ2) is 8.34. The molecule has 2 aliphatic heterocycles. The van der Waals surface area contributed by atoms with Gasteiger partial charge in [-0.25, -0.2) is 0 Å². The summed E-state index contributed by atoms with van der Waals surface area (Å²) in [6.45, 7) is 10.8. The van der Waals surface area contributed by atoms with Crippen LogP contribution in [0, 0.1) is 22.7 Å². The van der Waals surface area contributed by atoms with Gasteiger partial charge in [-0.2, -0.15) is 8.42 Å². The van der Waals surface area contributed by atoms with Gasteiger partial charge in [0.15, 0.2) is 11.5 Å². The third-order valence-electron chi connectivity index (χ3n) is 11.9. The van der Waals surface area contributed by atoms with Crippen LogP contribution in [0.2, 0.25) is 0 Å². The molecule has 3 N–H and O–H groups in total. The summed E-state index contributed by atoms with van der Waals surface area (Å²) in [7, 11) is -1.84. The summed E-state index contributed by atoms with van der Waals surface area (Å²) in [5.74, 6) is 1.80. The number of hydrogen-bond acceptors (Lipinski definition) is 7. The van der Waals surface area contributed by atoms with E-state index in [1.54, 1.807) is 0 Å². The van der Waals surface area contributed by atoms with E-state index in [-0.39, 0.29) is 34.0 Å². The van der Waals surface area contributed by atoms with Crippen LogP contribution in [-0.2, 0) is 26.7 Å². The van der Waals surface area contributed by atoms with Gasteiger partial charge in [0.2, 0.25) is 0 Å². The lowest BCUT2D eigenvalue weighted by Gasteiger charge is -2.75. The minimum Gasteiger partial charge on any atom is -0.504 e. The summed E-state index contributed by atoms with van der Waals surface area (Å²) >= 11 is 0. The fraction of sp³-hybridized carbons (Fsp3) is 0.800. The van der Waals surface area contributed by atoms with Crippen molar-refractivity contribution < 1.29 is 32.7 Å². The molecule has 5 fully saturated rings. The fourth-order valence-corrected chi connectivity index (χ4v) is 9.58. The Balaban J connectivity index is 0.000000510. The van der Waals surface area contributed by atoms with Crippen molar-refractivity contribution >= 4 is 10.1 Å². The topological polar surface area (TPSA) is 117 Å². The summed E-state index contributed by atoms with van der Waals surface area (Å²) < 4.78 is 39.3. The second-order valence-corrected chi connectivity index (χ2v) is 16.0. The molecule has 0 unspecified atom stereocenters. The Morgan fingerprint density at radius 1 is 1.15 bits per heavy atom. The largest absolute Gasteiger partial charge is 0.504 e. The standard InChI is InChI=1S/C29H41NO4.CH4O3S/c1-25(2,3)26(4,32)20-15-27-10-11-29(20,33-5)24-28(27)12-13-30(16-17-6-7-17)21(27)14-18-8-9-19(31)23(34-24)22(18)28;1-5(2,3)4/h8-9,17,20-21,24,31-32H,6-7,10-16H2,1-5H3;1H3,(H,2,3,4)/t20-,21-,24-,26+,27-,28+,29+;/m1./s1. The molecule has 0 amide bonds. The smallest absolute Gasteiger partial charge is 0.261 e. The van der Waals surface area contributed by atoms with Crippen molar-refractivity contribution in [1.82, 2.24) is 4.90 Å². The summed E-state index contributed by atoms with van der Waals surface area (Å²) in [5.41, 5.74) is 0.783. The highest BCUT2D eigenvalue weighted by Gasteiger charge is 2.82. The Kier molecular flexibility index (Phi) is 5.94. The van der Waals surface area contributed by atoms with Crippen LogP contribution in [0.4, 0.5) is 0 Å². The number of ether oxygens (including phenoxy) is 2. The fourth-order valence-electron chi connectivity index (χ4n) is 9.58. The van der Waals surface area contributed by atoms with E-state index in [1.807, 2.05) is 20.1 Å². The first-order valence-corrected chi connectivity index (χ1v) is 16.3. The molecule has 1 aromatic carbocycles. The lowest BCUT2D eigenvalue weighted by Crippen LogP contribution is -2.83. The van der Waals surface area contributed by atoms with Crippen molar-refractivity contribution in [3.8, 4) is 11.5 Å². The Labute approximate surface area is 232 Å². The molecule has 4 saturated carbocycles. The van der Waals surface area contributed by atoms with E-state index in [0.29, 0.717) is 18.0 Å². The zero-order chi connectivity index (χ0) is 28.4. The number of methoxy groups -OCH3 is 1. The average Bonchev–Trinajstić information content (AvgIpc) is 3.57. The van der Waals surface area contributed by atoms with Crippen LogP contribution in [0.25, 0.3) is 0 Å². The van der Waals surface area contributed by atoms with Crippen molar-refractivity contribution in [3.05, 3.63) is 23.3 Å². The molecular weight excluding hydrogens is 518 g/mol. The normalized spacial score (nSPS) is 39.7. The molecule has 0 radical (unpaired) electrons. The average molecular weight is 564 g/mol. The van der Waals surface area contributed by atoms with Gasteiger partial charge in [-0.15, -0.1) is 0 Å². The predicted octanol–water partition coefficient (Wildman–Crippen LogP) is 3.92. The highest BCUT2D eigenvalue weighted by atomic mass is 32.2. The number of benzene rings is 1. The van der Waals surface area contributed by atoms with Crippen LogP contribution in [0.15, 0.2) is 12.1 Å². The molecule has 1 saturated heterocycles. The monoisotopic (exact) mass is 563 g/mol. The Morgan fingerprint density at radius 2 is 1.82 bits per heavy atom. The van der Waals surface area contributed by atoms with E-state index in [2.05, 4.69) is 31.7 Å². The van der Waals surface area contributed by atoms with Crippen molar-refractivity contribution in [2.24, 2.45) is 22.7 Å². The number of piperidine rings is 1. The molecule has 4 bridgehead atoms. The van der Waals surface area contributed by atoms with Crippen LogP contribution in [0.1, 0.15) is 77.3 Å². The van der Waals surface area contributed by atoms with Gasteiger partial charge in [0.25, 0.3) is 10.1 Å². The van der Waals surface area contributed by atoms with Crippen molar-refractivity contribution in [1.29, 1.82) is 0 Å². The van der Waals surface area contributed by atoms with Gasteiger partial charge < -0.3 is 19.7 Å². The minimum absolute atomic E-state index is 0.0294. The van der Waals surface area contributed by atoms with E-state index in [9.17, 15) is 18.6 Å². The molecule has 1 aromatic rings. The molecule has 2 heterocycles. The molecule has 39 heavy (non-hydrogen) atoms. The number of hydrogen-bond donors (Lipinski definition) is 3. The Bertz CT molecular complexity index is 1280. The molecule has 7 atom stereocenters. The number of aliphatic hydroxyl groups is 1. The molecular formula is C30H45NO7S. The number of rotatable bonds is 4. The molecule has 9 heteroatoms. The summed E-state index contributed by atoms with van der Waals surface area (Å²) in [5, 5.41) is 23.2. The van der Waals surface area contributed by atoms with Crippen LogP contribution >= 0.6 is 0 Å². The predicted molar refractivity (Wildman–Crippen MR) is 148 cm³/mol. The first-order chi connectivity index (χ1) is 18.0. The third-order valence-corrected chi connectivity index (χ3v) is 11.9. The number of fused-ring (bicyclic) bond motifs is 2. The quantitative estimate of drug-likeness (QED) is 0.472. The van der Waals surface area contributed by atoms with E-state index in [4.69, 9.17) is 14.0 Å². The maximum absolute atomic E-state index is 12.2. The zero-order valence-electron chi connectivity index (χ0n) is 24.2. The van der Waals surface area contributed by atoms with Gasteiger partial charge in [-0.1, -0.05) is 26.8 Å². The summed E-state index contributed by atoms with van der Waals surface area (Å²) in [6, 6.07) is 4.46. The zero-order valence-corrected chi connectivity index (χ0v) is 25.0. The molecule has 8 nitrogen and oxygen atoms in total. The van der Waals surface area contributed by atoms with Crippen molar-refractivity contribution in [3.63, 3.8) is 0 Å². The molecule has 0 aromatic heterocycles. The Hall–Kier alpha value is -1.39. The van der Waals surface area contributed by atoms with Crippen LogP contribution in [0.5, 0.6) is 11.5 Å². The van der Waals surface area contributed by atoms with Gasteiger partial charge in [0.05, 0.1) is 11.9 Å².